The molecule has 1 heterocycles. The van der Waals surface area contributed by atoms with E-state index in [2.05, 4.69) is 10.4 Å². The average molecular weight is 212 g/mol. The van der Waals surface area contributed by atoms with Gasteiger partial charge in [-0.3, -0.25) is 15.8 Å². The molecule has 6 heteroatoms. The van der Waals surface area contributed by atoms with E-state index in [9.17, 15) is 8.78 Å². The molecule has 0 spiro atoms. The first-order valence-corrected chi connectivity index (χ1v) is 4.41. The lowest BCUT2D eigenvalue weighted by Gasteiger charge is -2.06. The molecular weight excluding hydrogens is 202 g/mol. The number of hydrogen-bond acceptors (Lipinski definition) is 3. The van der Waals surface area contributed by atoms with Gasteiger partial charge >= 0.3 is 6.55 Å². The maximum absolute atomic E-state index is 12.8. The van der Waals surface area contributed by atoms with E-state index in [0.717, 1.165) is 4.57 Å². The van der Waals surface area contributed by atoms with Gasteiger partial charge in [-0.25, -0.2) is 4.98 Å². The van der Waals surface area contributed by atoms with E-state index in [-0.39, 0.29) is 12.4 Å². The first-order valence-electron chi connectivity index (χ1n) is 4.41. The van der Waals surface area contributed by atoms with Crippen molar-refractivity contribution in [2.45, 2.75) is 13.1 Å². The third-order valence-corrected chi connectivity index (χ3v) is 2.12. The summed E-state index contributed by atoms with van der Waals surface area (Å²) in [6.07, 6.45) is 0. The standard InChI is InChI=1S/C9H10F2N4/c10-9(11)15-7-4-2-1-3-6(7)14-8(15)5-13-12/h1-4,9,13H,5,12H2. The predicted octanol–water partition coefficient (Wildman–Crippen LogP) is 1.39. The molecule has 0 aliphatic carbocycles. The number of rotatable bonds is 3. The molecule has 1 aromatic heterocycles. The summed E-state index contributed by atoms with van der Waals surface area (Å²) >= 11 is 0. The Kier molecular flexibility index (Phi) is 2.61. The van der Waals surface area contributed by atoms with Crippen molar-refractivity contribution in [3.63, 3.8) is 0 Å². The molecule has 0 saturated carbocycles. The molecule has 0 unspecified atom stereocenters. The second-order valence-electron chi connectivity index (χ2n) is 3.05. The van der Waals surface area contributed by atoms with Gasteiger partial charge in [-0.2, -0.15) is 8.78 Å². The van der Waals surface area contributed by atoms with Crippen LogP contribution in [-0.2, 0) is 6.54 Å². The molecule has 3 N–H and O–H groups in total. The molecule has 0 aliphatic rings. The highest BCUT2D eigenvalue weighted by atomic mass is 19.3. The van der Waals surface area contributed by atoms with E-state index >= 15 is 0 Å². The fourth-order valence-electron chi connectivity index (χ4n) is 1.53. The van der Waals surface area contributed by atoms with Crippen LogP contribution in [0.15, 0.2) is 24.3 Å². The van der Waals surface area contributed by atoms with Crippen LogP contribution < -0.4 is 11.3 Å². The summed E-state index contributed by atoms with van der Waals surface area (Å²) in [4.78, 5) is 4.06. The third-order valence-electron chi connectivity index (χ3n) is 2.12. The van der Waals surface area contributed by atoms with E-state index in [4.69, 9.17) is 5.84 Å². The Hall–Kier alpha value is -1.53. The molecule has 0 amide bonds. The summed E-state index contributed by atoms with van der Waals surface area (Å²) in [6.45, 7) is -2.50. The topological polar surface area (TPSA) is 55.9 Å². The molecule has 0 bridgehead atoms. The van der Waals surface area contributed by atoms with Crippen LogP contribution in [0.5, 0.6) is 0 Å². The van der Waals surface area contributed by atoms with Gasteiger partial charge in [0.2, 0.25) is 0 Å². The monoisotopic (exact) mass is 212 g/mol. The number of nitrogens with two attached hydrogens (primary N) is 1. The normalized spacial score (nSPS) is 11.5. The molecule has 80 valence electrons. The summed E-state index contributed by atoms with van der Waals surface area (Å²) in [5, 5.41) is 0. The highest BCUT2D eigenvalue weighted by Gasteiger charge is 2.16. The zero-order valence-corrected chi connectivity index (χ0v) is 7.82. The number of hydrogen-bond donors (Lipinski definition) is 2. The second-order valence-corrected chi connectivity index (χ2v) is 3.05. The van der Waals surface area contributed by atoms with Crippen molar-refractivity contribution in [2.24, 2.45) is 5.84 Å². The number of aromatic nitrogens is 2. The average Bonchev–Trinajstić information content (AvgIpc) is 2.56. The zero-order chi connectivity index (χ0) is 10.8. The lowest BCUT2D eigenvalue weighted by molar-refractivity contribution is 0.0711. The first-order chi connectivity index (χ1) is 7.24. The van der Waals surface area contributed by atoms with Gasteiger partial charge in [-0.15, -0.1) is 0 Å². The van der Waals surface area contributed by atoms with Gasteiger partial charge in [0, 0.05) is 0 Å². The number of benzene rings is 1. The van der Waals surface area contributed by atoms with Crippen LogP contribution in [0.4, 0.5) is 8.78 Å². The molecule has 0 radical (unpaired) electrons. The van der Waals surface area contributed by atoms with Crippen molar-refractivity contribution in [3.05, 3.63) is 30.1 Å². The van der Waals surface area contributed by atoms with Gasteiger partial charge in [0.25, 0.3) is 0 Å². The number of hydrazine groups is 1. The molecule has 15 heavy (non-hydrogen) atoms. The van der Waals surface area contributed by atoms with Crippen LogP contribution >= 0.6 is 0 Å². The number of fused-ring (bicyclic) bond motifs is 1. The molecule has 0 aliphatic heterocycles. The smallest absolute Gasteiger partial charge is 0.271 e. The van der Waals surface area contributed by atoms with Crippen LogP contribution in [0.1, 0.15) is 12.4 Å². The summed E-state index contributed by atoms with van der Waals surface area (Å²) in [5.41, 5.74) is 3.28. The van der Waals surface area contributed by atoms with E-state index in [1.165, 1.54) is 0 Å². The summed E-state index contributed by atoms with van der Waals surface area (Å²) in [7, 11) is 0. The quantitative estimate of drug-likeness (QED) is 0.597. The molecule has 1 aromatic carbocycles. The minimum absolute atomic E-state index is 0.110. The van der Waals surface area contributed by atoms with Gasteiger partial charge in [-0.1, -0.05) is 12.1 Å². The van der Waals surface area contributed by atoms with E-state index in [1.807, 2.05) is 0 Å². The first kappa shape index (κ1) is 10.0. The SMILES string of the molecule is NNCc1nc2ccccc2n1C(F)F. The van der Waals surface area contributed by atoms with E-state index in [1.54, 1.807) is 24.3 Å². The Balaban J connectivity index is 2.63. The number of nitrogens with zero attached hydrogens (tertiary/aromatic N) is 2. The lowest BCUT2D eigenvalue weighted by atomic mass is 10.3. The Morgan fingerprint density at radius 1 is 1.40 bits per heavy atom. The van der Waals surface area contributed by atoms with E-state index in [0.29, 0.717) is 11.0 Å². The fourth-order valence-corrected chi connectivity index (χ4v) is 1.53. The molecule has 0 atom stereocenters. The van der Waals surface area contributed by atoms with Gasteiger partial charge in [0.1, 0.15) is 5.82 Å². The Morgan fingerprint density at radius 2 is 2.13 bits per heavy atom. The van der Waals surface area contributed by atoms with Crippen molar-refractivity contribution < 1.29 is 8.78 Å². The Labute approximate surface area is 84.7 Å². The van der Waals surface area contributed by atoms with Crippen molar-refractivity contribution in [3.8, 4) is 0 Å². The van der Waals surface area contributed by atoms with Gasteiger partial charge < -0.3 is 0 Å². The van der Waals surface area contributed by atoms with Crippen molar-refractivity contribution >= 4 is 11.0 Å². The molecule has 2 aromatic rings. The van der Waals surface area contributed by atoms with Crippen LogP contribution in [-0.4, -0.2) is 9.55 Å². The number of nitrogens with one attached hydrogen (secondary N) is 1. The number of para-hydroxylation sites is 2. The molecule has 0 saturated heterocycles. The van der Waals surface area contributed by atoms with Gasteiger partial charge in [0.15, 0.2) is 0 Å². The number of alkyl halides is 2. The third kappa shape index (κ3) is 1.69. The van der Waals surface area contributed by atoms with Gasteiger partial charge in [-0.05, 0) is 12.1 Å². The zero-order valence-electron chi connectivity index (χ0n) is 7.82. The summed E-state index contributed by atoms with van der Waals surface area (Å²) < 4.78 is 26.4. The van der Waals surface area contributed by atoms with Crippen molar-refractivity contribution in [2.75, 3.05) is 0 Å². The maximum Gasteiger partial charge on any atom is 0.320 e. The van der Waals surface area contributed by atoms with Crippen LogP contribution in [0.2, 0.25) is 0 Å². The number of imidazole rings is 1. The lowest BCUT2D eigenvalue weighted by Crippen LogP contribution is -2.23. The fraction of sp³-hybridized carbons (Fsp3) is 0.222. The second kappa shape index (κ2) is 3.92. The van der Waals surface area contributed by atoms with Crippen molar-refractivity contribution in [1.29, 1.82) is 0 Å². The largest absolute Gasteiger partial charge is 0.320 e. The van der Waals surface area contributed by atoms with Crippen LogP contribution in [0.3, 0.4) is 0 Å². The summed E-state index contributed by atoms with van der Waals surface area (Å²) in [6, 6.07) is 6.75. The maximum atomic E-state index is 12.8. The minimum atomic E-state index is -2.61. The van der Waals surface area contributed by atoms with Gasteiger partial charge in [0.05, 0.1) is 17.6 Å². The Morgan fingerprint density at radius 3 is 2.80 bits per heavy atom. The number of halogens is 2. The van der Waals surface area contributed by atoms with Crippen LogP contribution in [0.25, 0.3) is 11.0 Å². The highest BCUT2D eigenvalue weighted by molar-refractivity contribution is 5.75. The molecule has 2 rings (SSSR count). The van der Waals surface area contributed by atoms with Crippen molar-refractivity contribution in [1.82, 2.24) is 15.0 Å². The highest BCUT2D eigenvalue weighted by Crippen LogP contribution is 2.22. The molecule has 4 nitrogen and oxygen atoms in total. The minimum Gasteiger partial charge on any atom is -0.271 e. The summed E-state index contributed by atoms with van der Waals surface area (Å²) in [5.74, 6) is 5.33. The van der Waals surface area contributed by atoms with E-state index < -0.39 is 6.55 Å². The van der Waals surface area contributed by atoms with Crippen LogP contribution in [0, 0.1) is 0 Å². The molecule has 0 fully saturated rings. The molecular formula is C9H10F2N4. The predicted molar refractivity (Wildman–Crippen MR) is 52.0 cm³/mol. The Bertz CT molecular complexity index is 466.